The lowest BCUT2D eigenvalue weighted by Gasteiger charge is -2.06. The van der Waals surface area contributed by atoms with Gasteiger partial charge in [-0.2, -0.15) is 0 Å². The van der Waals surface area contributed by atoms with Crippen molar-refractivity contribution in [3.8, 4) is 0 Å². The van der Waals surface area contributed by atoms with Crippen molar-refractivity contribution in [2.75, 3.05) is 11.9 Å². The number of fused-ring (bicyclic) bond motifs is 1. The molecule has 0 spiro atoms. The maximum absolute atomic E-state index is 11.6. The lowest BCUT2D eigenvalue weighted by Crippen LogP contribution is -2.39. The molecule has 8 nitrogen and oxygen atoms in total. The van der Waals surface area contributed by atoms with Crippen molar-refractivity contribution in [1.82, 2.24) is 10.6 Å². The fourth-order valence-corrected chi connectivity index (χ4v) is 1.75. The van der Waals surface area contributed by atoms with Crippen LogP contribution in [0.2, 0.25) is 0 Å². The van der Waals surface area contributed by atoms with E-state index in [1.807, 2.05) is 0 Å². The van der Waals surface area contributed by atoms with E-state index >= 15 is 0 Å². The van der Waals surface area contributed by atoms with Crippen LogP contribution in [-0.4, -0.2) is 35.2 Å². The molecule has 0 saturated carbocycles. The SMILES string of the molecule is NC(=S)CNC(=O)C(=O)Nc1ccc2c(c1)C(=O)NC2=O. The Balaban J connectivity index is 2.07. The van der Waals surface area contributed by atoms with Gasteiger partial charge in [-0.25, -0.2) is 0 Å². The summed E-state index contributed by atoms with van der Waals surface area (Å²) in [6.07, 6.45) is 0. The van der Waals surface area contributed by atoms with Gasteiger partial charge in [-0.15, -0.1) is 0 Å². The lowest BCUT2D eigenvalue weighted by molar-refractivity contribution is -0.135. The van der Waals surface area contributed by atoms with Gasteiger partial charge in [-0.3, -0.25) is 24.5 Å². The van der Waals surface area contributed by atoms with E-state index in [2.05, 4.69) is 28.2 Å². The Morgan fingerprint density at radius 2 is 1.81 bits per heavy atom. The van der Waals surface area contributed by atoms with Crippen molar-refractivity contribution in [3.63, 3.8) is 0 Å². The first-order valence-electron chi connectivity index (χ1n) is 5.75. The third-order valence-electron chi connectivity index (χ3n) is 2.62. The molecule has 0 aliphatic carbocycles. The molecule has 1 aliphatic rings. The van der Waals surface area contributed by atoms with E-state index in [4.69, 9.17) is 5.73 Å². The Morgan fingerprint density at radius 3 is 2.48 bits per heavy atom. The van der Waals surface area contributed by atoms with Gasteiger partial charge in [-0.05, 0) is 18.2 Å². The minimum atomic E-state index is -0.934. The largest absolute Gasteiger partial charge is 0.392 e. The molecule has 9 heteroatoms. The minimum absolute atomic E-state index is 0.0452. The highest BCUT2D eigenvalue weighted by atomic mass is 32.1. The number of carbonyl (C=O) groups is 4. The van der Waals surface area contributed by atoms with E-state index in [9.17, 15) is 19.2 Å². The fraction of sp³-hybridized carbons (Fsp3) is 0.0833. The van der Waals surface area contributed by atoms with Gasteiger partial charge >= 0.3 is 11.8 Å². The average Bonchev–Trinajstić information content (AvgIpc) is 2.71. The van der Waals surface area contributed by atoms with Crippen LogP contribution < -0.4 is 21.7 Å². The lowest BCUT2D eigenvalue weighted by atomic mass is 10.1. The second-order valence-electron chi connectivity index (χ2n) is 4.15. The molecule has 0 saturated heterocycles. The molecule has 5 N–H and O–H groups in total. The van der Waals surface area contributed by atoms with Gasteiger partial charge in [0.2, 0.25) is 0 Å². The van der Waals surface area contributed by atoms with E-state index in [0.29, 0.717) is 0 Å². The number of imide groups is 1. The van der Waals surface area contributed by atoms with Crippen LogP contribution in [0.15, 0.2) is 18.2 Å². The van der Waals surface area contributed by atoms with Gasteiger partial charge in [-0.1, -0.05) is 12.2 Å². The van der Waals surface area contributed by atoms with Gasteiger partial charge in [0, 0.05) is 5.69 Å². The second-order valence-corrected chi connectivity index (χ2v) is 4.67. The second kappa shape index (κ2) is 5.67. The summed E-state index contributed by atoms with van der Waals surface area (Å²) >= 11 is 4.56. The predicted octanol–water partition coefficient (Wildman–Crippen LogP) is -1.09. The molecule has 21 heavy (non-hydrogen) atoms. The summed E-state index contributed by atoms with van der Waals surface area (Å²) in [6.45, 7) is -0.0946. The molecular formula is C12H10N4O4S. The molecule has 2 rings (SSSR count). The number of hydrogen-bond acceptors (Lipinski definition) is 5. The first-order valence-corrected chi connectivity index (χ1v) is 6.16. The maximum Gasteiger partial charge on any atom is 0.313 e. The molecule has 108 valence electrons. The highest BCUT2D eigenvalue weighted by molar-refractivity contribution is 7.80. The van der Waals surface area contributed by atoms with E-state index in [1.54, 1.807) is 0 Å². The fourth-order valence-electron chi connectivity index (χ4n) is 1.68. The van der Waals surface area contributed by atoms with Gasteiger partial charge in [0.25, 0.3) is 11.8 Å². The number of anilines is 1. The molecule has 1 aromatic rings. The predicted molar refractivity (Wildman–Crippen MR) is 76.7 cm³/mol. The number of benzene rings is 1. The molecule has 0 bridgehead atoms. The monoisotopic (exact) mass is 306 g/mol. The summed E-state index contributed by atoms with van der Waals surface area (Å²) in [5, 5.41) is 6.64. The standard InChI is InChI=1S/C12H10N4O4S/c13-8(21)4-14-11(19)12(20)15-5-1-2-6-7(3-5)10(18)16-9(6)17/h1-3H,4H2,(H2,13,21)(H,14,19)(H,15,20)(H,16,17,18). The topological polar surface area (TPSA) is 130 Å². The zero-order valence-electron chi connectivity index (χ0n) is 10.6. The molecule has 4 amide bonds. The van der Waals surface area contributed by atoms with Crippen molar-refractivity contribution >= 4 is 46.5 Å². The van der Waals surface area contributed by atoms with Crippen LogP contribution in [-0.2, 0) is 9.59 Å². The first-order chi connectivity index (χ1) is 9.88. The number of rotatable bonds is 3. The van der Waals surface area contributed by atoms with Crippen molar-refractivity contribution in [2.45, 2.75) is 0 Å². The Bertz CT molecular complexity index is 686. The first kappa shape index (κ1) is 14.6. The van der Waals surface area contributed by atoms with Crippen LogP contribution in [0.25, 0.3) is 0 Å². The summed E-state index contributed by atoms with van der Waals surface area (Å²) in [6, 6.07) is 4.11. The van der Waals surface area contributed by atoms with Gasteiger partial charge in [0.05, 0.1) is 22.7 Å². The van der Waals surface area contributed by atoms with Crippen molar-refractivity contribution in [3.05, 3.63) is 29.3 Å². The molecule has 0 aromatic heterocycles. The Morgan fingerprint density at radius 1 is 1.14 bits per heavy atom. The summed E-state index contributed by atoms with van der Waals surface area (Å²) in [4.78, 5) is 45.9. The molecule has 0 fully saturated rings. The molecule has 0 unspecified atom stereocenters. The smallest absolute Gasteiger partial charge is 0.313 e. The number of hydrogen-bond donors (Lipinski definition) is 4. The number of thiocarbonyl (C=S) groups is 1. The number of amides is 4. The van der Waals surface area contributed by atoms with E-state index < -0.39 is 23.6 Å². The molecule has 0 radical (unpaired) electrons. The van der Waals surface area contributed by atoms with Crippen LogP contribution >= 0.6 is 12.2 Å². The summed E-state index contributed by atoms with van der Waals surface area (Å²) < 4.78 is 0. The van der Waals surface area contributed by atoms with E-state index in [1.165, 1.54) is 18.2 Å². The van der Waals surface area contributed by atoms with Crippen molar-refractivity contribution in [1.29, 1.82) is 0 Å². The number of nitrogens with one attached hydrogen (secondary N) is 3. The third-order valence-corrected chi connectivity index (χ3v) is 2.77. The maximum atomic E-state index is 11.6. The minimum Gasteiger partial charge on any atom is -0.392 e. The Kier molecular flexibility index (Phi) is 3.94. The summed E-state index contributed by atoms with van der Waals surface area (Å²) in [5.41, 5.74) is 5.77. The quantitative estimate of drug-likeness (QED) is 0.319. The van der Waals surface area contributed by atoms with E-state index in [0.717, 1.165) is 0 Å². The number of carbonyl (C=O) groups excluding carboxylic acids is 4. The highest BCUT2D eigenvalue weighted by Crippen LogP contribution is 2.20. The molecule has 1 heterocycles. The normalized spacial score (nSPS) is 12.4. The highest BCUT2D eigenvalue weighted by Gasteiger charge is 2.27. The Labute approximate surface area is 124 Å². The average molecular weight is 306 g/mol. The molecule has 1 aromatic carbocycles. The van der Waals surface area contributed by atoms with Gasteiger partial charge < -0.3 is 16.4 Å². The van der Waals surface area contributed by atoms with Crippen LogP contribution in [0, 0.1) is 0 Å². The van der Waals surface area contributed by atoms with Crippen LogP contribution in [0.4, 0.5) is 5.69 Å². The summed E-state index contributed by atoms with van der Waals surface area (Å²) in [5.74, 6) is -2.90. The van der Waals surface area contributed by atoms with Crippen LogP contribution in [0.5, 0.6) is 0 Å². The van der Waals surface area contributed by atoms with Crippen molar-refractivity contribution < 1.29 is 19.2 Å². The zero-order valence-corrected chi connectivity index (χ0v) is 11.4. The Hall–Kier alpha value is -2.81. The number of nitrogens with two attached hydrogens (primary N) is 1. The third kappa shape index (κ3) is 3.20. The van der Waals surface area contributed by atoms with Gasteiger partial charge in [0.15, 0.2) is 0 Å². The molecule has 1 aliphatic heterocycles. The molecular weight excluding hydrogens is 296 g/mol. The van der Waals surface area contributed by atoms with Gasteiger partial charge in [0.1, 0.15) is 0 Å². The van der Waals surface area contributed by atoms with E-state index in [-0.39, 0.29) is 28.3 Å². The van der Waals surface area contributed by atoms with Crippen LogP contribution in [0.1, 0.15) is 20.7 Å². The zero-order chi connectivity index (χ0) is 15.6. The van der Waals surface area contributed by atoms with Crippen molar-refractivity contribution in [2.24, 2.45) is 5.73 Å². The summed E-state index contributed by atoms with van der Waals surface area (Å²) in [7, 11) is 0. The molecule has 0 atom stereocenters. The van der Waals surface area contributed by atoms with Crippen LogP contribution in [0.3, 0.4) is 0 Å².